The highest BCUT2D eigenvalue weighted by Gasteiger charge is 2.20. The van der Waals surface area contributed by atoms with Crippen molar-refractivity contribution in [3.05, 3.63) is 34.9 Å². The molecule has 1 aliphatic rings. The van der Waals surface area contributed by atoms with E-state index in [2.05, 4.69) is 0 Å². The highest BCUT2D eigenvalue weighted by Crippen LogP contribution is 2.17. The van der Waals surface area contributed by atoms with Crippen LogP contribution in [0, 0.1) is 0 Å². The van der Waals surface area contributed by atoms with Gasteiger partial charge in [0.15, 0.2) is 5.78 Å². The van der Waals surface area contributed by atoms with Crippen molar-refractivity contribution in [2.45, 2.75) is 25.7 Å². The molecule has 0 aliphatic carbocycles. The fraction of sp³-hybridized carbons (Fsp3) is 0.429. The summed E-state index contributed by atoms with van der Waals surface area (Å²) in [6, 6.07) is 6.96. The molecule has 0 atom stereocenters. The van der Waals surface area contributed by atoms with Crippen LogP contribution in [0.25, 0.3) is 0 Å². The number of benzene rings is 1. The maximum Gasteiger partial charge on any atom is 0.222 e. The van der Waals surface area contributed by atoms with Gasteiger partial charge in [0.05, 0.1) is 11.6 Å². The van der Waals surface area contributed by atoms with Crippen molar-refractivity contribution in [3.8, 4) is 0 Å². The fourth-order valence-electron chi connectivity index (χ4n) is 2.15. The third-order valence-corrected chi connectivity index (χ3v) is 3.51. The second kappa shape index (κ2) is 6.01. The molecule has 1 aliphatic heterocycles. The normalized spacial score (nSPS) is 16.5. The van der Waals surface area contributed by atoms with Gasteiger partial charge < -0.3 is 4.90 Å². The average Bonchev–Trinajstić information content (AvgIpc) is 2.55. The van der Waals surface area contributed by atoms with Gasteiger partial charge in [-0.3, -0.25) is 9.59 Å². The molecule has 1 heterocycles. The molecule has 0 saturated carbocycles. The van der Waals surface area contributed by atoms with Crippen LogP contribution in [0.15, 0.2) is 24.3 Å². The number of likely N-dealkylation sites (tertiary alicyclic amines) is 1. The van der Waals surface area contributed by atoms with Crippen LogP contribution in [0.3, 0.4) is 0 Å². The number of halogens is 1. The molecule has 0 bridgehead atoms. The molecular formula is C14H16ClNO2. The lowest BCUT2D eigenvalue weighted by Gasteiger charge is -2.19. The van der Waals surface area contributed by atoms with E-state index in [4.69, 9.17) is 11.6 Å². The molecule has 0 N–H and O–H groups in total. The molecular weight excluding hydrogens is 250 g/mol. The molecule has 1 amide bonds. The van der Waals surface area contributed by atoms with Crippen molar-refractivity contribution in [1.29, 1.82) is 0 Å². The van der Waals surface area contributed by atoms with Gasteiger partial charge in [0.1, 0.15) is 0 Å². The minimum absolute atomic E-state index is 0.0768. The SMILES string of the molecule is O=C(CN1CCCCCC1=O)c1ccccc1Cl. The van der Waals surface area contributed by atoms with Gasteiger partial charge in [0, 0.05) is 18.5 Å². The Bertz CT molecular complexity index is 459. The molecule has 1 fully saturated rings. The molecule has 0 spiro atoms. The van der Waals surface area contributed by atoms with Crippen LogP contribution in [0.5, 0.6) is 0 Å². The Morgan fingerprint density at radius 3 is 2.78 bits per heavy atom. The number of hydrogen-bond acceptors (Lipinski definition) is 2. The van der Waals surface area contributed by atoms with Crippen LogP contribution < -0.4 is 0 Å². The average molecular weight is 266 g/mol. The molecule has 1 aromatic carbocycles. The Hall–Kier alpha value is -1.35. The summed E-state index contributed by atoms with van der Waals surface area (Å²) < 4.78 is 0. The number of amides is 1. The van der Waals surface area contributed by atoms with E-state index in [1.165, 1.54) is 0 Å². The third-order valence-electron chi connectivity index (χ3n) is 3.18. The van der Waals surface area contributed by atoms with Crippen molar-refractivity contribution >= 4 is 23.3 Å². The molecule has 1 aromatic rings. The van der Waals surface area contributed by atoms with Crippen molar-refractivity contribution in [2.75, 3.05) is 13.1 Å². The topological polar surface area (TPSA) is 37.4 Å². The van der Waals surface area contributed by atoms with E-state index in [1.807, 2.05) is 0 Å². The predicted octanol–water partition coefficient (Wildman–Crippen LogP) is 2.93. The van der Waals surface area contributed by atoms with Gasteiger partial charge in [-0.1, -0.05) is 30.2 Å². The van der Waals surface area contributed by atoms with Gasteiger partial charge in [-0.15, -0.1) is 0 Å². The zero-order valence-corrected chi connectivity index (χ0v) is 10.9. The van der Waals surface area contributed by atoms with Gasteiger partial charge in [0.2, 0.25) is 5.91 Å². The van der Waals surface area contributed by atoms with Crippen molar-refractivity contribution in [1.82, 2.24) is 4.90 Å². The van der Waals surface area contributed by atoms with E-state index >= 15 is 0 Å². The first-order valence-corrected chi connectivity index (χ1v) is 6.62. The van der Waals surface area contributed by atoms with E-state index in [0.717, 1.165) is 19.3 Å². The zero-order chi connectivity index (χ0) is 13.0. The smallest absolute Gasteiger partial charge is 0.222 e. The molecule has 4 heteroatoms. The maximum absolute atomic E-state index is 12.1. The van der Waals surface area contributed by atoms with E-state index in [9.17, 15) is 9.59 Å². The van der Waals surface area contributed by atoms with E-state index in [0.29, 0.717) is 23.6 Å². The Balaban J connectivity index is 2.06. The number of carbonyl (C=O) groups is 2. The molecule has 3 nitrogen and oxygen atoms in total. The summed E-state index contributed by atoms with van der Waals surface area (Å²) in [6.45, 7) is 0.817. The standard InChI is InChI=1S/C14H16ClNO2/c15-12-7-4-3-6-11(12)13(17)10-16-9-5-1-2-8-14(16)18/h3-4,6-7H,1-2,5,8-10H2. The lowest BCUT2D eigenvalue weighted by molar-refractivity contribution is -0.130. The maximum atomic E-state index is 12.1. The summed E-state index contributed by atoms with van der Waals surface area (Å²) in [5.41, 5.74) is 0.496. The highest BCUT2D eigenvalue weighted by molar-refractivity contribution is 6.34. The van der Waals surface area contributed by atoms with Crippen LogP contribution in [-0.4, -0.2) is 29.7 Å². The fourth-order valence-corrected chi connectivity index (χ4v) is 2.39. The summed E-state index contributed by atoms with van der Waals surface area (Å²) in [5.74, 6) is -0.0104. The van der Waals surface area contributed by atoms with Crippen LogP contribution >= 0.6 is 11.6 Å². The molecule has 0 aromatic heterocycles. The molecule has 0 radical (unpaired) electrons. The lowest BCUT2D eigenvalue weighted by atomic mass is 10.1. The summed E-state index contributed by atoms with van der Waals surface area (Å²) in [7, 11) is 0. The monoisotopic (exact) mass is 265 g/mol. The first kappa shape index (κ1) is 13.1. The second-order valence-corrected chi connectivity index (χ2v) is 4.94. The molecule has 18 heavy (non-hydrogen) atoms. The van der Waals surface area contributed by atoms with Crippen molar-refractivity contribution in [3.63, 3.8) is 0 Å². The van der Waals surface area contributed by atoms with Crippen molar-refractivity contribution < 1.29 is 9.59 Å². The van der Waals surface area contributed by atoms with Gasteiger partial charge in [-0.05, 0) is 25.0 Å². The number of ketones is 1. The quantitative estimate of drug-likeness (QED) is 0.788. The lowest BCUT2D eigenvalue weighted by Crippen LogP contribution is -2.35. The summed E-state index contributed by atoms with van der Waals surface area (Å²) >= 11 is 5.98. The van der Waals surface area contributed by atoms with Gasteiger partial charge >= 0.3 is 0 Å². The number of Topliss-reactive ketones (excluding diaryl/α,β-unsaturated/α-hetero) is 1. The van der Waals surface area contributed by atoms with E-state index in [-0.39, 0.29) is 18.2 Å². The summed E-state index contributed by atoms with van der Waals surface area (Å²) in [6.07, 6.45) is 3.51. The molecule has 1 saturated heterocycles. The van der Waals surface area contributed by atoms with Crippen LogP contribution in [0.2, 0.25) is 5.02 Å². The second-order valence-electron chi connectivity index (χ2n) is 4.53. The van der Waals surface area contributed by atoms with Crippen LogP contribution in [-0.2, 0) is 4.79 Å². The van der Waals surface area contributed by atoms with Gasteiger partial charge in [-0.25, -0.2) is 0 Å². The molecule has 0 unspecified atom stereocenters. The molecule has 96 valence electrons. The predicted molar refractivity (Wildman–Crippen MR) is 70.8 cm³/mol. The van der Waals surface area contributed by atoms with Crippen LogP contribution in [0.1, 0.15) is 36.0 Å². The minimum atomic E-state index is -0.0872. The van der Waals surface area contributed by atoms with Gasteiger partial charge in [0.25, 0.3) is 0 Å². The largest absolute Gasteiger partial charge is 0.335 e. The van der Waals surface area contributed by atoms with Gasteiger partial charge in [-0.2, -0.15) is 0 Å². The minimum Gasteiger partial charge on any atom is -0.335 e. The Morgan fingerprint density at radius 1 is 1.22 bits per heavy atom. The number of nitrogens with zero attached hydrogens (tertiary/aromatic N) is 1. The first-order valence-electron chi connectivity index (χ1n) is 6.24. The summed E-state index contributed by atoms with van der Waals surface area (Å²) in [5, 5.41) is 0.449. The third kappa shape index (κ3) is 3.10. The Labute approximate surface area is 112 Å². The summed E-state index contributed by atoms with van der Waals surface area (Å²) in [4.78, 5) is 25.6. The highest BCUT2D eigenvalue weighted by atomic mass is 35.5. The number of carbonyl (C=O) groups excluding carboxylic acids is 2. The first-order chi connectivity index (χ1) is 8.68. The number of hydrogen-bond donors (Lipinski definition) is 0. The van der Waals surface area contributed by atoms with E-state index in [1.54, 1.807) is 29.2 Å². The van der Waals surface area contributed by atoms with Crippen molar-refractivity contribution in [2.24, 2.45) is 0 Å². The number of rotatable bonds is 3. The van der Waals surface area contributed by atoms with E-state index < -0.39 is 0 Å². The molecule has 2 rings (SSSR count). The van der Waals surface area contributed by atoms with Crippen LogP contribution in [0.4, 0.5) is 0 Å². The Kier molecular flexibility index (Phi) is 4.37. The zero-order valence-electron chi connectivity index (χ0n) is 10.2. The Morgan fingerprint density at radius 2 is 2.00 bits per heavy atom.